The highest BCUT2D eigenvalue weighted by Crippen LogP contribution is 2.34. The summed E-state index contributed by atoms with van der Waals surface area (Å²) in [7, 11) is 0. The van der Waals surface area contributed by atoms with E-state index in [2.05, 4.69) is 11.9 Å². The number of aldehydes is 1. The molecular formula is C15H17NO3S. The number of hydrogen-bond acceptors (Lipinski definition) is 5. The van der Waals surface area contributed by atoms with Crippen LogP contribution in [-0.2, 0) is 0 Å². The Morgan fingerprint density at radius 2 is 2.10 bits per heavy atom. The van der Waals surface area contributed by atoms with E-state index in [0.29, 0.717) is 24.7 Å². The molecule has 0 amide bonds. The Morgan fingerprint density at radius 1 is 1.25 bits per heavy atom. The molecule has 0 fully saturated rings. The molecule has 0 bridgehead atoms. The molecule has 1 aromatic heterocycles. The minimum atomic E-state index is 0.453. The summed E-state index contributed by atoms with van der Waals surface area (Å²) in [6, 6.07) is 5.72. The molecule has 0 unspecified atom stereocenters. The Labute approximate surface area is 122 Å². The van der Waals surface area contributed by atoms with Gasteiger partial charge in [0.05, 0.1) is 13.2 Å². The molecule has 0 N–H and O–H groups in total. The molecule has 0 atom stereocenters. The molecule has 1 heterocycles. The van der Waals surface area contributed by atoms with Crippen molar-refractivity contribution in [1.29, 1.82) is 0 Å². The number of thiazole rings is 1. The number of hydrogen-bond donors (Lipinski definition) is 0. The molecule has 0 saturated heterocycles. The van der Waals surface area contributed by atoms with E-state index in [9.17, 15) is 4.79 Å². The summed E-state index contributed by atoms with van der Waals surface area (Å²) in [6.45, 7) is 5.23. The number of benzene rings is 1. The minimum absolute atomic E-state index is 0.453. The lowest BCUT2D eigenvalue weighted by Gasteiger charge is -2.12. The zero-order valence-corrected chi connectivity index (χ0v) is 12.4. The first kappa shape index (κ1) is 14.5. The van der Waals surface area contributed by atoms with Crippen LogP contribution in [0.1, 0.15) is 30.8 Å². The predicted molar refractivity (Wildman–Crippen MR) is 79.9 cm³/mol. The van der Waals surface area contributed by atoms with Crippen molar-refractivity contribution in [2.75, 3.05) is 13.2 Å². The van der Waals surface area contributed by atoms with Gasteiger partial charge in [-0.2, -0.15) is 0 Å². The molecule has 2 aromatic rings. The van der Waals surface area contributed by atoms with Crippen molar-refractivity contribution in [3.8, 4) is 22.1 Å². The van der Waals surface area contributed by atoms with Crippen molar-refractivity contribution >= 4 is 17.6 Å². The average Bonchev–Trinajstić information content (AvgIpc) is 2.95. The second-order valence-corrected chi connectivity index (χ2v) is 5.00. The third-order valence-corrected chi connectivity index (χ3v) is 3.50. The quantitative estimate of drug-likeness (QED) is 0.728. The van der Waals surface area contributed by atoms with Crippen molar-refractivity contribution in [1.82, 2.24) is 4.98 Å². The van der Waals surface area contributed by atoms with E-state index in [1.54, 1.807) is 5.38 Å². The second kappa shape index (κ2) is 7.05. The van der Waals surface area contributed by atoms with E-state index in [0.717, 1.165) is 29.0 Å². The summed E-state index contributed by atoms with van der Waals surface area (Å²) < 4.78 is 11.3. The molecule has 0 aliphatic rings. The van der Waals surface area contributed by atoms with Crippen molar-refractivity contribution in [2.45, 2.75) is 20.3 Å². The van der Waals surface area contributed by atoms with Gasteiger partial charge >= 0.3 is 0 Å². The fourth-order valence-corrected chi connectivity index (χ4v) is 2.48. The molecular weight excluding hydrogens is 274 g/mol. The average molecular weight is 291 g/mol. The number of carbonyl (C=O) groups is 1. The zero-order chi connectivity index (χ0) is 14.4. The van der Waals surface area contributed by atoms with Crippen molar-refractivity contribution in [3.05, 3.63) is 29.3 Å². The molecule has 106 valence electrons. The lowest BCUT2D eigenvalue weighted by Crippen LogP contribution is -2.00. The van der Waals surface area contributed by atoms with Crippen LogP contribution in [0.2, 0.25) is 0 Å². The Morgan fingerprint density at radius 3 is 2.75 bits per heavy atom. The van der Waals surface area contributed by atoms with E-state index >= 15 is 0 Å². The Balaban J connectivity index is 2.30. The van der Waals surface area contributed by atoms with Gasteiger partial charge in [-0.05, 0) is 31.5 Å². The fourth-order valence-electron chi connectivity index (χ4n) is 1.71. The minimum Gasteiger partial charge on any atom is -0.490 e. The maximum absolute atomic E-state index is 10.7. The first-order valence-corrected chi connectivity index (χ1v) is 7.47. The molecule has 0 spiro atoms. The van der Waals surface area contributed by atoms with Crippen molar-refractivity contribution < 1.29 is 14.3 Å². The SMILES string of the molecule is CCCOc1ccc(-c2nc(C=O)cs2)cc1OCC. The number of nitrogens with zero attached hydrogens (tertiary/aromatic N) is 1. The van der Waals surface area contributed by atoms with Gasteiger partial charge in [0.15, 0.2) is 17.8 Å². The van der Waals surface area contributed by atoms with Crippen LogP contribution in [0.15, 0.2) is 23.6 Å². The molecule has 5 heteroatoms. The van der Waals surface area contributed by atoms with Crippen LogP contribution in [0.25, 0.3) is 10.6 Å². The molecule has 20 heavy (non-hydrogen) atoms. The normalized spacial score (nSPS) is 10.3. The Kier molecular flexibility index (Phi) is 5.12. The number of aromatic nitrogens is 1. The van der Waals surface area contributed by atoms with Gasteiger partial charge in [0.25, 0.3) is 0 Å². The highest BCUT2D eigenvalue weighted by molar-refractivity contribution is 7.13. The predicted octanol–water partition coefficient (Wildman–Crippen LogP) is 3.81. The van der Waals surface area contributed by atoms with Crippen LogP contribution < -0.4 is 9.47 Å². The van der Waals surface area contributed by atoms with Crippen LogP contribution >= 0.6 is 11.3 Å². The van der Waals surface area contributed by atoms with E-state index in [1.165, 1.54) is 11.3 Å². The van der Waals surface area contributed by atoms with E-state index in [4.69, 9.17) is 9.47 Å². The van der Waals surface area contributed by atoms with Crippen LogP contribution in [0.4, 0.5) is 0 Å². The molecule has 0 aliphatic heterocycles. The van der Waals surface area contributed by atoms with Gasteiger partial charge in [-0.15, -0.1) is 11.3 Å². The maximum Gasteiger partial charge on any atom is 0.169 e. The van der Waals surface area contributed by atoms with E-state index in [1.807, 2.05) is 25.1 Å². The van der Waals surface area contributed by atoms with Crippen LogP contribution in [0.3, 0.4) is 0 Å². The molecule has 0 saturated carbocycles. The van der Waals surface area contributed by atoms with E-state index < -0.39 is 0 Å². The number of carbonyl (C=O) groups excluding carboxylic acids is 1. The van der Waals surface area contributed by atoms with Crippen molar-refractivity contribution in [2.24, 2.45) is 0 Å². The summed E-state index contributed by atoms with van der Waals surface area (Å²) >= 11 is 1.44. The summed E-state index contributed by atoms with van der Waals surface area (Å²) in [5.41, 5.74) is 1.38. The van der Waals surface area contributed by atoms with E-state index in [-0.39, 0.29) is 0 Å². The van der Waals surface area contributed by atoms with Crippen molar-refractivity contribution in [3.63, 3.8) is 0 Å². The third-order valence-electron chi connectivity index (χ3n) is 2.59. The lowest BCUT2D eigenvalue weighted by molar-refractivity contribution is 0.111. The smallest absolute Gasteiger partial charge is 0.169 e. The first-order valence-electron chi connectivity index (χ1n) is 6.59. The van der Waals surface area contributed by atoms with Gasteiger partial charge in [0.2, 0.25) is 0 Å². The fraction of sp³-hybridized carbons (Fsp3) is 0.333. The molecule has 0 radical (unpaired) electrons. The van der Waals surface area contributed by atoms with Gasteiger partial charge in [0, 0.05) is 10.9 Å². The molecule has 2 rings (SSSR count). The lowest BCUT2D eigenvalue weighted by atomic mass is 10.2. The standard InChI is InChI=1S/C15H17NO3S/c1-3-7-19-13-6-5-11(8-14(13)18-4-2)15-16-12(9-17)10-20-15/h5-6,8-10H,3-4,7H2,1-2H3. The second-order valence-electron chi connectivity index (χ2n) is 4.14. The monoisotopic (exact) mass is 291 g/mol. The van der Waals surface area contributed by atoms with Crippen LogP contribution in [0.5, 0.6) is 11.5 Å². The largest absolute Gasteiger partial charge is 0.490 e. The van der Waals surface area contributed by atoms with Gasteiger partial charge in [-0.25, -0.2) is 4.98 Å². The number of ether oxygens (including phenoxy) is 2. The molecule has 0 aliphatic carbocycles. The van der Waals surface area contributed by atoms with Gasteiger partial charge in [-0.3, -0.25) is 4.79 Å². The summed E-state index contributed by atoms with van der Waals surface area (Å²) in [4.78, 5) is 14.9. The Hall–Kier alpha value is -1.88. The summed E-state index contributed by atoms with van der Waals surface area (Å²) in [5, 5.41) is 2.54. The topological polar surface area (TPSA) is 48.4 Å². The highest BCUT2D eigenvalue weighted by Gasteiger charge is 2.10. The summed E-state index contributed by atoms with van der Waals surface area (Å²) in [5.74, 6) is 1.45. The summed E-state index contributed by atoms with van der Waals surface area (Å²) in [6.07, 6.45) is 1.70. The third kappa shape index (κ3) is 3.36. The van der Waals surface area contributed by atoms with Crippen LogP contribution in [0, 0.1) is 0 Å². The molecule has 1 aromatic carbocycles. The number of rotatable bonds is 7. The molecule has 4 nitrogen and oxygen atoms in total. The Bertz CT molecular complexity index is 580. The first-order chi connectivity index (χ1) is 9.78. The van der Waals surface area contributed by atoms with Gasteiger partial charge in [-0.1, -0.05) is 6.92 Å². The van der Waals surface area contributed by atoms with Gasteiger partial charge in [0.1, 0.15) is 10.7 Å². The van der Waals surface area contributed by atoms with Gasteiger partial charge < -0.3 is 9.47 Å². The highest BCUT2D eigenvalue weighted by atomic mass is 32.1. The maximum atomic E-state index is 10.7. The van der Waals surface area contributed by atoms with Crippen LogP contribution in [-0.4, -0.2) is 24.5 Å². The zero-order valence-electron chi connectivity index (χ0n) is 11.6.